The molecule has 1 aromatic carbocycles. The lowest BCUT2D eigenvalue weighted by Gasteiger charge is -2.36. The van der Waals surface area contributed by atoms with Crippen molar-refractivity contribution in [2.75, 3.05) is 66.3 Å². The van der Waals surface area contributed by atoms with E-state index in [1.165, 1.54) is 5.56 Å². The number of amides is 1. The van der Waals surface area contributed by atoms with Crippen molar-refractivity contribution in [3.63, 3.8) is 0 Å². The number of pyridine rings is 1. The fourth-order valence-electron chi connectivity index (χ4n) is 6.08. The maximum atomic E-state index is 14.2. The van der Waals surface area contributed by atoms with Gasteiger partial charge in [0.25, 0.3) is 5.56 Å². The number of methoxy groups -OCH3 is 1. The third-order valence-electron chi connectivity index (χ3n) is 8.60. The highest BCUT2D eigenvalue weighted by Gasteiger charge is 2.40. The van der Waals surface area contributed by atoms with Crippen molar-refractivity contribution in [3.05, 3.63) is 63.6 Å². The minimum atomic E-state index is -0.189. The largest absolute Gasteiger partial charge is 0.492 e. The molecule has 2 unspecified atom stereocenters. The fraction of sp³-hybridized carbons (Fsp3) is 0.625. The quantitative estimate of drug-likeness (QED) is 0.373. The summed E-state index contributed by atoms with van der Waals surface area (Å²) in [6.07, 6.45) is 6.58. The molecule has 1 amide bonds. The predicted molar refractivity (Wildman–Crippen MR) is 158 cm³/mol. The van der Waals surface area contributed by atoms with Crippen molar-refractivity contribution in [2.45, 2.75) is 50.6 Å². The van der Waals surface area contributed by atoms with Crippen LogP contribution in [-0.2, 0) is 34.3 Å². The number of aryl methyl sites for hydroxylation is 2. The topological polar surface area (TPSA) is 85.3 Å². The Balaban J connectivity index is 1.32. The minimum absolute atomic E-state index is 0.0299. The van der Waals surface area contributed by atoms with Crippen LogP contribution in [0.2, 0.25) is 0 Å². The van der Waals surface area contributed by atoms with E-state index in [9.17, 15) is 9.59 Å². The molecule has 224 valence electrons. The Kier molecular flexibility index (Phi) is 10.5. The van der Waals surface area contributed by atoms with Crippen LogP contribution in [0.4, 0.5) is 0 Å². The minimum Gasteiger partial charge on any atom is -0.492 e. The molecule has 1 saturated carbocycles. The van der Waals surface area contributed by atoms with E-state index in [1.807, 2.05) is 12.3 Å². The van der Waals surface area contributed by atoms with Gasteiger partial charge >= 0.3 is 0 Å². The molecule has 3 heterocycles. The highest BCUT2D eigenvalue weighted by atomic mass is 16.5. The lowest BCUT2D eigenvalue weighted by atomic mass is 9.80. The van der Waals surface area contributed by atoms with Crippen LogP contribution in [-0.4, -0.2) is 92.6 Å². The third kappa shape index (κ3) is 8.19. The molecule has 3 fully saturated rings. The van der Waals surface area contributed by atoms with Crippen molar-refractivity contribution < 1.29 is 19.0 Å². The van der Waals surface area contributed by atoms with Crippen LogP contribution in [0.3, 0.4) is 0 Å². The number of nitrogens with zero attached hydrogens (tertiary/aromatic N) is 3. The van der Waals surface area contributed by atoms with E-state index in [0.717, 1.165) is 88.4 Å². The maximum Gasteiger partial charge on any atom is 0.250 e. The highest BCUT2D eigenvalue weighted by Crippen LogP contribution is 2.36. The summed E-state index contributed by atoms with van der Waals surface area (Å²) in [6.45, 7) is 7.71. The second-order valence-corrected chi connectivity index (χ2v) is 11.7. The van der Waals surface area contributed by atoms with Crippen LogP contribution in [0.5, 0.6) is 5.75 Å². The Morgan fingerprint density at radius 1 is 1.10 bits per heavy atom. The molecule has 41 heavy (non-hydrogen) atoms. The Hall–Kier alpha value is -2.72. The lowest BCUT2D eigenvalue weighted by Crippen LogP contribution is -2.47. The first-order valence-electron chi connectivity index (χ1n) is 15.2. The molecule has 2 aromatic rings. The van der Waals surface area contributed by atoms with Gasteiger partial charge in [-0.3, -0.25) is 14.5 Å². The summed E-state index contributed by atoms with van der Waals surface area (Å²) in [4.78, 5) is 31.1. The van der Waals surface area contributed by atoms with Crippen LogP contribution < -0.4 is 15.6 Å². The zero-order chi connectivity index (χ0) is 28.6. The number of ether oxygens (including phenoxy) is 3. The average molecular weight is 567 g/mol. The molecule has 3 aliphatic rings. The van der Waals surface area contributed by atoms with Crippen LogP contribution in [0, 0.1) is 5.92 Å². The summed E-state index contributed by atoms with van der Waals surface area (Å²) < 4.78 is 18.6. The van der Waals surface area contributed by atoms with E-state index in [4.69, 9.17) is 14.2 Å². The number of hydrogen-bond donors (Lipinski definition) is 1. The SMILES string of the molecule is COCCCc1cc(CN(C(=O)C2CNCCC2c2ccn(C)c(=O)c2)C2CC2)cc(OCCN2CCOCC2)c1. The molecule has 2 aliphatic heterocycles. The molecule has 0 radical (unpaired) electrons. The van der Waals surface area contributed by atoms with E-state index in [2.05, 4.69) is 33.3 Å². The molecule has 1 aromatic heterocycles. The van der Waals surface area contributed by atoms with Crippen LogP contribution >= 0.6 is 0 Å². The number of piperidine rings is 1. The van der Waals surface area contributed by atoms with Gasteiger partial charge in [-0.1, -0.05) is 6.07 Å². The van der Waals surface area contributed by atoms with Gasteiger partial charge in [-0.25, -0.2) is 0 Å². The molecule has 0 spiro atoms. The normalized spacial score (nSPS) is 21.5. The zero-order valence-electron chi connectivity index (χ0n) is 24.7. The molecule has 2 atom stereocenters. The maximum absolute atomic E-state index is 14.2. The van der Waals surface area contributed by atoms with Crippen molar-refractivity contribution in [1.82, 2.24) is 19.7 Å². The molecular weight excluding hydrogens is 520 g/mol. The first-order valence-corrected chi connectivity index (χ1v) is 15.2. The van der Waals surface area contributed by atoms with Gasteiger partial charge in [0.15, 0.2) is 0 Å². The summed E-state index contributed by atoms with van der Waals surface area (Å²) in [6, 6.07) is 10.5. The monoisotopic (exact) mass is 566 g/mol. The summed E-state index contributed by atoms with van der Waals surface area (Å²) in [5.41, 5.74) is 3.26. The molecule has 1 aliphatic carbocycles. The lowest BCUT2D eigenvalue weighted by molar-refractivity contribution is -0.138. The number of nitrogens with one attached hydrogen (secondary N) is 1. The first kappa shape index (κ1) is 29.8. The van der Waals surface area contributed by atoms with E-state index in [-0.39, 0.29) is 29.3 Å². The summed E-state index contributed by atoms with van der Waals surface area (Å²) in [5, 5.41) is 3.44. The van der Waals surface area contributed by atoms with Gasteiger partial charge in [0, 0.05) is 71.8 Å². The Morgan fingerprint density at radius 3 is 2.66 bits per heavy atom. The van der Waals surface area contributed by atoms with E-state index >= 15 is 0 Å². The number of benzene rings is 1. The number of rotatable bonds is 13. The second-order valence-electron chi connectivity index (χ2n) is 11.7. The second kappa shape index (κ2) is 14.4. The van der Waals surface area contributed by atoms with Gasteiger partial charge in [-0.15, -0.1) is 0 Å². The van der Waals surface area contributed by atoms with Gasteiger partial charge in [0.05, 0.1) is 19.1 Å². The molecule has 1 N–H and O–H groups in total. The van der Waals surface area contributed by atoms with Gasteiger partial charge in [0.2, 0.25) is 5.91 Å². The number of aromatic nitrogens is 1. The van der Waals surface area contributed by atoms with Crippen molar-refractivity contribution >= 4 is 5.91 Å². The Labute approximate surface area is 243 Å². The van der Waals surface area contributed by atoms with Crippen molar-refractivity contribution in [2.24, 2.45) is 13.0 Å². The van der Waals surface area contributed by atoms with Gasteiger partial charge < -0.3 is 29.0 Å². The third-order valence-corrected chi connectivity index (χ3v) is 8.60. The van der Waals surface area contributed by atoms with E-state index < -0.39 is 0 Å². The highest BCUT2D eigenvalue weighted by molar-refractivity contribution is 5.81. The number of hydrogen-bond acceptors (Lipinski definition) is 7. The van der Waals surface area contributed by atoms with Gasteiger partial charge in [-0.05, 0) is 79.5 Å². The number of carbonyl (C=O) groups excluding carboxylic acids is 1. The number of carbonyl (C=O) groups is 1. The van der Waals surface area contributed by atoms with Crippen molar-refractivity contribution in [3.8, 4) is 5.75 Å². The van der Waals surface area contributed by atoms with Gasteiger partial charge in [0.1, 0.15) is 12.4 Å². The van der Waals surface area contributed by atoms with E-state index in [0.29, 0.717) is 26.3 Å². The summed E-state index contributed by atoms with van der Waals surface area (Å²) >= 11 is 0. The van der Waals surface area contributed by atoms with Crippen LogP contribution in [0.25, 0.3) is 0 Å². The van der Waals surface area contributed by atoms with E-state index in [1.54, 1.807) is 24.8 Å². The average Bonchev–Trinajstić information content (AvgIpc) is 3.83. The Morgan fingerprint density at radius 2 is 1.90 bits per heavy atom. The molecule has 9 nitrogen and oxygen atoms in total. The summed E-state index contributed by atoms with van der Waals surface area (Å²) in [5.74, 6) is 0.901. The van der Waals surface area contributed by atoms with Crippen LogP contribution in [0.15, 0.2) is 41.3 Å². The molecule has 9 heteroatoms. The zero-order valence-corrected chi connectivity index (χ0v) is 24.7. The fourth-order valence-corrected chi connectivity index (χ4v) is 6.08. The molecular formula is C32H46N4O5. The number of morpholine rings is 1. The van der Waals surface area contributed by atoms with Crippen LogP contribution in [0.1, 0.15) is 48.3 Å². The van der Waals surface area contributed by atoms with Gasteiger partial charge in [-0.2, -0.15) is 0 Å². The molecule has 2 saturated heterocycles. The van der Waals surface area contributed by atoms with Crippen molar-refractivity contribution in [1.29, 1.82) is 0 Å². The molecule has 5 rings (SSSR count). The summed E-state index contributed by atoms with van der Waals surface area (Å²) in [7, 11) is 3.49. The smallest absolute Gasteiger partial charge is 0.250 e. The predicted octanol–water partition coefficient (Wildman–Crippen LogP) is 2.56. The first-order chi connectivity index (χ1) is 20.0. The molecule has 0 bridgehead atoms. The standard InChI is InChI=1S/C32H46N4O5/c1-34-10-8-26(21-31(34)37)29-7-9-33-22-30(29)32(38)36(27-5-6-27)23-25-18-24(4-3-14-39-2)19-28(20-25)41-17-13-35-11-15-40-16-12-35/h8,10,18-21,27,29-30,33H,3-7,9,11-17,22-23H2,1-2H3. The Bertz CT molecular complexity index is 1210.